The molecule has 2 atom stereocenters. The predicted molar refractivity (Wildman–Crippen MR) is 87.8 cm³/mol. The zero-order chi connectivity index (χ0) is 17.1. The molecule has 0 aromatic carbocycles. The van der Waals surface area contributed by atoms with Gasteiger partial charge < -0.3 is 14.4 Å². The number of amides is 1. The van der Waals surface area contributed by atoms with Crippen LogP contribution in [0.4, 0.5) is 0 Å². The van der Waals surface area contributed by atoms with E-state index in [1.165, 1.54) is 12.4 Å². The number of ether oxygens (including phenoxy) is 2. The molecule has 2 aliphatic heterocycles. The van der Waals surface area contributed by atoms with Crippen molar-refractivity contribution in [1.29, 1.82) is 0 Å². The molecule has 1 spiro atoms. The van der Waals surface area contributed by atoms with Gasteiger partial charge in [0, 0.05) is 31.3 Å². The molecular weight excluding hydrogens is 322 g/mol. The van der Waals surface area contributed by atoms with E-state index in [2.05, 4.69) is 15.1 Å². The van der Waals surface area contributed by atoms with Crippen molar-refractivity contribution in [2.45, 2.75) is 31.1 Å². The van der Waals surface area contributed by atoms with Crippen molar-refractivity contribution in [2.24, 2.45) is 0 Å². The van der Waals surface area contributed by atoms with Crippen LogP contribution in [0.3, 0.4) is 0 Å². The third-order valence-electron chi connectivity index (χ3n) is 4.71. The second-order valence-electron chi connectivity index (χ2n) is 6.56. The SMILES string of the molecule is O=C(c1cnccn1)N1CCOC[C@]2(CC[C@@H](Cn3cccn3)O2)C1. The number of rotatable bonds is 3. The second kappa shape index (κ2) is 6.89. The van der Waals surface area contributed by atoms with Gasteiger partial charge in [0.25, 0.3) is 5.91 Å². The quantitative estimate of drug-likeness (QED) is 0.818. The van der Waals surface area contributed by atoms with Gasteiger partial charge in [-0.2, -0.15) is 5.10 Å². The smallest absolute Gasteiger partial charge is 0.274 e. The first kappa shape index (κ1) is 16.2. The first-order chi connectivity index (χ1) is 12.2. The Hall–Kier alpha value is -2.32. The van der Waals surface area contributed by atoms with Crippen LogP contribution in [-0.4, -0.2) is 68.6 Å². The van der Waals surface area contributed by atoms with Gasteiger partial charge in [-0.3, -0.25) is 14.5 Å². The zero-order valence-electron chi connectivity index (χ0n) is 14.0. The lowest BCUT2D eigenvalue weighted by molar-refractivity contribution is -0.0881. The van der Waals surface area contributed by atoms with Crippen molar-refractivity contribution in [2.75, 3.05) is 26.3 Å². The van der Waals surface area contributed by atoms with Crippen molar-refractivity contribution in [1.82, 2.24) is 24.6 Å². The molecular formula is C17H21N5O3. The highest BCUT2D eigenvalue weighted by Crippen LogP contribution is 2.34. The summed E-state index contributed by atoms with van der Waals surface area (Å²) >= 11 is 0. The Balaban J connectivity index is 1.46. The molecule has 0 radical (unpaired) electrons. The van der Waals surface area contributed by atoms with E-state index in [9.17, 15) is 4.79 Å². The van der Waals surface area contributed by atoms with Crippen molar-refractivity contribution in [3.8, 4) is 0 Å². The van der Waals surface area contributed by atoms with Crippen LogP contribution in [0.2, 0.25) is 0 Å². The van der Waals surface area contributed by atoms with Gasteiger partial charge in [0.1, 0.15) is 11.3 Å². The Morgan fingerprint density at radius 2 is 2.32 bits per heavy atom. The van der Waals surface area contributed by atoms with E-state index >= 15 is 0 Å². The van der Waals surface area contributed by atoms with Gasteiger partial charge in [-0.25, -0.2) is 4.98 Å². The summed E-state index contributed by atoms with van der Waals surface area (Å²) in [6.07, 6.45) is 10.2. The molecule has 132 valence electrons. The molecule has 25 heavy (non-hydrogen) atoms. The molecule has 2 saturated heterocycles. The molecule has 0 N–H and O–H groups in total. The maximum atomic E-state index is 12.7. The monoisotopic (exact) mass is 343 g/mol. The molecule has 2 aromatic rings. The van der Waals surface area contributed by atoms with E-state index in [0.29, 0.717) is 38.5 Å². The first-order valence-electron chi connectivity index (χ1n) is 8.52. The highest BCUT2D eigenvalue weighted by atomic mass is 16.6. The van der Waals surface area contributed by atoms with Crippen LogP contribution >= 0.6 is 0 Å². The fourth-order valence-corrected chi connectivity index (χ4v) is 3.51. The lowest BCUT2D eigenvalue weighted by Gasteiger charge is -2.31. The van der Waals surface area contributed by atoms with E-state index in [0.717, 1.165) is 12.8 Å². The predicted octanol–water partition coefficient (Wildman–Crippen LogP) is 0.763. The summed E-state index contributed by atoms with van der Waals surface area (Å²) in [5, 5.41) is 4.24. The number of carbonyl (C=O) groups is 1. The lowest BCUT2D eigenvalue weighted by Crippen LogP contribution is -2.47. The fraction of sp³-hybridized carbons (Fsp3) is 0.529. The molecule has 2 aromatic heterocycles. The molecule has 4 rings (SSSR count). The van der Waals surface area contributed by atoms with E-state index in [4.69, 9.17) is 9.47 Å². The van der Waals surface area contributed by atoms with E-state index in [1.54, 1.807) is 17.3 Å². The minimum Gasteiger partial charge on any atom is -0.377 e. The number of aromatic nitrogens is 4. The second-order valence-corrected chi connectivity index (χ2v) is 6.56. The van der Waals surface area contributed by atoms with Crippen LogP contribution in [0.1, 0.15) is 23.3 Å². The van der Waals surface area contributed by atoms with Crippen LogP contribution < -0.4 is 0 Å². The molecule has 0 saturated carbocycles. The molecule has 8 nitrogen and oxygen atoms in total. The fourth-order valence-electron chi connectivity index (χ4n) is 3.51. The summed E-state index contributed by atoms with van der Waals surface area (Å²) < 4.78 is 14.0. The zero-order valence-corrected chi connectivity index (χ0v) is 14.0. The number of hydrogen-bond acceptors (Lipinski definition) is 6. The van der Waals surface area contributed by atoms with Gasteiger partial charge in [-0.15, -0.1) is 0 Å². The van der Waals surface area contributed by atoms with Crippen molar-refractivity contribution < 1.29 is 14.3 Å². The summed E-state index contributed by atoms with van der Waals surface area (Å²) in [7, 11) is 0. The summed E-state index contributed by atoms with van der Waals surface area (Å²) in [5.41, 5.74) is -0.0998. The number of nitrogens with zero attached hydrogens (tertiary/aromatic N) is 5. The van der Waals surface area contributed by atoms with Crippen LogP contribution in [-0.2, 0) is 16.0 Å². The molecule has 2 aliphatic rings. The molecule has 1 amide bonds. The van der Waals surface area contributed by atoms with Gasteiger partial charge >= 0.3 is 0 Å². The third-order valence-corrected chi connectivity index (χ3v) is 4.71. The van der Waals surface area contributed by atoms with Crippen molar-refractivity contribution >= 4 is 5.91 Å². The average molecular weight is 343 g/mol. The Kier molecular flexibility index (Phi) is 4.46. The Bertz CT molecular complexity index is 708. The minimum absolute atomic E-state index is 0.0788. The molecule has 0 bridgehead atoms. The molecule has 8 heteroatoms. The number of hydrogen-bond donors (Lipinski definition) is 0. The van der Waals surface area contributed by atoms with Gasteiger partial charge in [-0.05, 0) is 18.9 Å². The lowest BCUT2D eigenvalue weighted by atomic mass is 10.00. The van der Waals surface area contributed by atoms with Gasteiger partial charge in [0.05, 0.1) is 38.6 Å². The van der Waals surface area contributed by atoms with E-state index < -0.39 is 5.60 Å². The van der Waals surface area contributed by atoms with Gasteiger partial charge in [0.15, 0.2) is 0 Å². The van der Waals surface area contributed by atoms with Gasteiger partial charge in [-0.1, -0.05) is 0 Å². The largest absolute Gasteiger partial charge is 0.377 e. The molecule has 0 aliphatic carbocycles. The van der Waals surface area contributed by atoms with Crippen LogP contribution in [0.25, 0.3) is 0 Å². The summed E-state index contributed by atoms with van der Waals surface area (Å²) in [6, 6.07) is 1.90. The molecule has 4 heterocycles. The third kappa shape index (κ3) is 3.54. The standard InChI is InChI=1S/C17H21N5O3/c23-16(15-10-18-5-6-19-15)21-8-9-24-13-17(12-21)3-2-14(25-17)11-22-7-1-4-20-22/h1,4-7,10,14H,2-3,8-9,11-13H2/t14-,17-/m0/s1. The maximum absolute atomic E-state index is 12.7. The normalized spacial score (nSPS) is 26.7. The molecule has 0 unspecified atom stereocenters. The summed E-state index contributed by atoms with van der Waals surface area (Å²) in [6.45, 7) is 2.77. The topological polar surface area (TPSA) is 82.4 Å². The molecule has 2 fully saturated rings. The van der Waals surface area contributed by atoms with Crippen molar-refractivity contribution in [3.63, 3.8) is 0 Å². The van der Waals surface area contributed by atoms with Crippen molar-refractivity contribution in [3.05, 3.63) is 42.7 Å². The Morgan fingerprint density at radius 3 is 3.12 bits per heavy atom. The Morgan fingerprint density at radius 1 is 1.36 bits per heavy atom. The van der Waals surface area contributed by atoms with Crippen LogP contribution in [0.15, 0.2) is 37.1 Å². The first-order valence-corrected chi connectivity index (χ1v) is 8.52. The minimum atomic E-state index is -0.452. The number of carbonyl (C=O) groups excluding carboxylic acids is 1. The Labute approximate surface area is 145 Å². The highest BCUT2D eigenvalue weighted by molar-refractivity contribution is 5.92. The van der Waals surface area contributed by atoms with E-state index in [1.807, 2.05) is 16.9 Å². The summed E-state index contributed by atoms with van der Waals surface area (Å²) in [4.78, 5) is 22.6. The maximum Gasteiger partial charge on any atom is 0.274 e. The summed E-state index contributed by atoms with van der Waals surface area (Å²) in [5.74, 6) is -0.128. The van der Waals surface area contributed by atoms with Crippen LogP contribution in [0.5, 0.6) is 0 Å². The van der Waals surface area contributed by atoms with Gasteiger partial charge in [0.2, 0.25) is 0 Å². The highest BCUT2D eigenvalue weighted by Gasteiger charge is 2.44. The van der Waals surface area contributed by atoms with Crippen LogP contribution in [0, 0.1) is 0 Å². The average Bonchev–Trinajstić information content (AvgIpc) is 3.23. The van der Waals surface area contributed by atoms with E-state index in [-0.39, 0.29) is 12.0 Å².